The molecule has 1 unspecified atom stereocenters. The number of epoxide rings is 1. The van der Waals surface area contributed by atoms with Crippen molar-refractivity contribution in [3.05, 3.63) is 59.7 Å². The molecule has 0 spiro atoms. The van der Waals surface area contributed by atoms with Crippen LogP contribution in [-0.4, -0.2) is 26.9 Å². The predicted octanol–water partition coefficient (Wildman–Crippen LogP) is 3.45. The highest BCUT2D eigenvalue weighted by atomic mass is 32.2. The Morgan fingerprint density at radius 1 is 1.12 bits per heavy atom. The maximum atomic E-state index is 14.2. The van der Waals surface area contributed by atoms with Crippen LogP contribution in [0.4, 0.5) is 8.78 Å². The highest BCUT2D eigenvalue weighted by molar-refractivity contribution is 7.90. The van der Waals surface area contributed by atoms with Crippen LogP contribution in [0.25, 0.3) is 0 Å². The largest absolute Gasteiger partial charge is 0.484 e. The van der Waals surface area contributed by atoms with Gasteiger partial charge in [-0.3, -0.25) is 0 Å². The molecule has 7 heteroatoms. The van der Waals surface area contributed by atoms with Crippen molar-refractivity contribution in [2.45, 2.75) is 29.9 Å². The zero-order chi connectivity index (χ0) is 18.5. The molecule has 1 saturated heterocycles. The summed E-state index contributed by atoms with van der Waals surface area (Å²) in [7, 11) is -3.30. The average Bonchev–Trinajstić information content (AvgIpc) is 3.28. The SMILES string of the molecule is CC(C)(Oc1ccc(S(C)(=O)=O)cc1)C1(c2ccc(F)cc2F)CO1. The maximum absolute atomic E-state index is 14.2. The standard InChI is InChI=1S/C18H18F2O4S/c1-17(2,24-13-5-7-14(8-6-13)25(3,21)22)18(11-23-18)15-9-4-12(19)10-16(15)20/h4-10H,11H2,1-3H3. The van der Waals surface area contributed by atoms with Crippen molar-refractivity contribution in [2.75, 3.05) is 12.9 Å². The second-order valence-electron chi connectivity index (χ2n) is 6.60. The third kappa shape index (κ3) is 3.26. The molecule has 1 heterocycles. The predicted molar refractivity (Wildman–Crippen MR) is 88.2 cm³/mol. The molecule has 1 aliphatic heterocycles. The van der Waals surface area contributed by atoms with Gasteiger partial charge < -0.3 is 9.47 Å². The lowest BCUT2D eigenvalue weighted by Gasteiger charge is -2.33. The van der Waals surface area contributed by atoms with E-state index in [0.717, 1.165) is 12.3 Å². The first-order chi connectivity index (χ1) is 11.6. The Balaban J connectivity index is 1.89. The lowest BCUT2D eigenvalue weighted by atomic mass is 9.84. The first-order valence-electron chi connectivity index (χ1n) is 7.64. The molecule has 0 aromatic heterocycles. The Bertz CT molecular complexity index is 901. The molecule has 0 saturated carbocycles. The van der Waals surface area contributed by atoms with Crippen LogP contribution in [0.5, 0.6) is 5.75 Å². The molecule has 0 radical (unpaired) electrons. The molecule has 0 bridgehead atoms. The van der Waals surface area contributed by atoms with E-state index >= 15 is 0 Å². The Morgan fingerprint density at radius 3 is 2.20 bits per heavy atom. The Hall–Kier alpha value is -1.99. The van der Waals surface area contributed by atoms with Crippen LogP contribution < -0.4 is 4.74 Å². The van der Waals surface area contributed by atoms with Gasteiger partial charge in [0.1, 0.15) is 23.0 Å². The molecule has 134 valence electrons. The number of sulfone groups is 1. The van der Waals surface area contributed by atoms with Crippen LogP contribution >= 0.6 is 0 Å². The van der Waals surface area contributed by atoms with E-state index in [2.05, 4.69) is 0 Å². The molecule has 3 rings (SSSR count). The number of ether oxygens (including phenoxy) is 2. The van der Waals surface area contributed by atoms with Gasteiger partial charge in [-0.05, 0) is 44.2 Å². The van der Waals surface area contributed by atoms with Gasteiger partial charge in [0.2, 0.25) is 0 Å². The minimum atomic E-state index is -3.30. The fourth-order valence-corrected chi connectivity index (χ4v) is 3.48. The lowest BCUT2D eigenvalue weighted by Crippen LogP contribution is -2.43. The summed E-state index contributed by atoms with van der Waals surface area (Å²) < 4.78 is 61.9. The van der Waals surface area contributed by atoms with Crippen molar-refractivity contribution in [3.8, 4) is 5.75 Å². The van der Waals surface area contributed by atoms with Gasteiger partial charge in [-0.1, -0.05) is 6.07 Å². The number of rotatable bonds is 5. The average molecular weight is 368 g/mol. The number of halogens is 2. The van der Waals surface area contributed by atoms with Crippen LogP contribution in [0.1, 0.15) is 19.4 Å². The van der Waals surface area contributed by atoms with Crippen LogP contribution in [0, 0.1) is 11.6 Å². The molecule has 25 heavy (non-hydrogen) atoms. The van der Waals surface area contributed by atoms with Gasteiger partial charge in [-0.2, -0.15) is 0 Å². The highest BCUT2D eigenvalue weighted by Crippen LogP contribution is 2.50. The van der Waals surface area contributed by atoms with Gasteiger partial charge in [0.05, 0.1) is 11.5 Å². The number of hydrogen-bond acceptors (Lipinski definition) is 4. The van der Waals surface area contributed by atoms with Gasteiger partial charge >= 0.3 is 0 Å². The third-order valence-electron chi connectivity index (χ3n) is 4.40. The minimum Gasteiger partial charge on any atom is -0.484 e. The van der Waals surface area contributed by atoms with E-state index in [1.165, 1.54) is 36.4 Å². The van der Waals surface area contributed by atoms with Crippen molar-refractivity contribution in [1.29, 1.82) is 0 Å². The van der Waals surface area contributed by atoms with Crippen molar-refractivity contribution in [1.82, 2.24) is 0 Å². The Labute approximate surface area is 145 Å². The lowest BCUT2D eigenvalue weighted by molar-refractivity contribution is 0.0135. The summed E-state index contributed by atoms with van der Waals surface area (Å²) in [5.74, 6) is -0.927. The van der Waals surface area contributed by atoms with E-state index in [1.807, 2.05) is 0 Å². The van der Waals surface area contributed by atoms with E-state index in [9.17, 15) is 17.2 Å². The van der Waals surface area contributed by atoms with E-state index in [4.69, 9.17) is 9.47 Å². The molecule has 0 N–H and O–H groups in total. The zero-order valence-corrected chi connectivity index (χ0v) is 14.9. The van der Waals surface area contributed by atoms with Crippen molar-refractivity contribution >= 4 is 9.84 Å². The fourth-order valence-electron chi connectivity index (χ4n) is 2.85. The first kappa shape index (κ1) is 17.8. The van der Waals surface area contributed by atoms with Crippen LogP contribution in [-0.2, 0) is 20.2 Å². The van der Waals surface area contributed by atoms with Gasteiger partial charge in [0.25, 0.3) is 0 Å². The molecule has 0 amide bonds. The number of hydrogen-bond donors (Lipinski definition) is 0. The second-order valence-corrected chi connectivity index (χ2v) is 8.61. The summed E-state index contributed by atoms with van der Waals surface area (Å²) in [6.07, 6.45) is 1.12. The van der Waals surface area contributed by atoms with Crippen molar-refractivity contribution in [2.24, 2.45) is 0 Å². The van der Waals surface area contributed by atoms with Crippen LogP contribution in [0.15, 0.2) is 47.4 Å². The molecule has 1 aliphatic rings. The van der Waals surface area contributed by atoms with Gasteiger partial charge in [0, 0.05) is 17.9 Å². The van der Waals surface area contributed by atoms with E-state index in [-0.39, 0.29) is 17.1 Å². The summed E-state index contributed by atoms with van der Waals surface area (Å²) in [5.41, 5.74) is -1.76. The fraction of sp³-hybridized carbons (Fsp3) is 0.333. The molecular formula is C18H18F2O4S. The van der Waals surface area contributed by atoms with Gasteiger partial charge in [0.15, 0.2) is 15.4 Å². The molecule has 2 aromatic carbocycles. The summed E-state index contributed by atoms with van der Waals surface area (Å²) in [5, 5.41) is 0. The number of benzene rings is 2. The first-order valence-corrected chi connectivity index (χ1v) is 9.53. The molecule has 4 nitrogen and oxygen atoms in total. The Kier molecular flexibility index (Phi) is 4.12. The summed E-state index contributed by atoms with van der Waals surface area (Å²) in [6, 6.07) is 9.31. The molecule has 2 aromatic rings. The molecular weight excluding hydrogens is 350 g/mol. The van der Waals surface area contributed by atoms with E-state index in [0.29, 0.717) is 5.75 Å². The third-order valence-corrected chi connectivity index (χ3v) is 5.53. The summed E-state index contributed by atoms with van der Waals surface area (Å²) in [4.78, 5) is 0.180. The molecule has 0 aliphatic carbocycles. The van der Waals surface area contributed by atoms with Crippen LogP contribution in [0.2, 0.25) is 0 Å². The Morgan fingerprint density at radius 2 is 1.72 bits per heavy atom. The molecule has 1 atom stereocenters. The van der Waals surface area contributed by atoms with Crippen molar-refractivity contribution in [3.63, 3.8) is 0 Å². The highest BCUT2D eigenvalue weighted by Gasteiger charge is 2.61. The normalized spacial score (nSPS) is 20.4. The molecule has 1 fully saturated rings. The minimum absolute atomic E-state index is 0.180. The van der Waals surface area contributed by atoms with Crippen molar-refractivity contribution < 1.29 is 26.7 Å². The van der Waals surface area contributed by atoms with Crippen LogP contribution in [0.3, 0.4) is 0 Å². The van der Waals surface area contributed by atoms with E-state index in [1.54, 1.807) is 13.8 Å². The van der Waals surface area contributed by atoms with E-state index < -0.39 is 32.7 Å². The quantitative estimate of drug-likeness (QED) is 0.759. The summed E-state index contributed by atoms with van der Waals surface area (Å²) >= 11 is 0. The summed E-state index contributed by atoms with van der Waals surface area (Å²) in [6.45, 7) is 3.73. The van der Waals surface area contributed by atoms with Gasteiger partial charge in [-0.15, -0.1) is 0 Å². The topological polar surface area (TPSA) is 55.9 Å². The smallest absolute Gasteiger partial charge is 0.175 e. The zero-order valence-electron chi connectivity index (χ0n) is 14.0. The van der Waals surface area contributed by atoms with Gasteiger partial charge in [-0.25, -0.2) is 17.2 Å². The second kappa shape index (κ2) is 5.78. The monoisotopic (exact) mass is 368 g/mol. The maximum Gasteiger partial charge on any atom is 0.175 e.